The molecule has 0 aromatic heterocycles. The summed E-state index contributed by atoms with van der Waals surface area (Å²) in [4.78, 5) is 7.79. The molecule has 0 amide bonds. The van der Waals surface area contributed by atoms with Crippen LogP contribution in [0.4, 0.5) is 0 Å². The number of piperidine rings is 1. The SMILES string of the molecule is CCNC(=NCC1CCN(S(=O)(=O)c2ccccc2)CC1)N1CCC2(CCC2)C1.I. The van der Waals surface area contributed by atoms with Gasteiger partial charge in [-0.25, -0.2) is 8.42 Å². The predicted molar refractivity (Wildman–Crippen MR) is 132 cm³/mol. The van der Waals surface area contributed by atoms with Crippen LogP contribution < -0.4 is 5.32 Å². The third kappa shape index (κ3) is 5.12. The highest BCUT2D eigenvalue weighted by Crippen LogP contribution is 2.47. The van der Waals surface area contributed by atoms with E-state index in [1.165, 1.54) is 25.7 Å². The van der Waals surface area contributed by atoms with Crippen molar-refractivity contribution in [3.05, 3.63) is 30.3 Å². The van der Waals surface area contributed by atoms with Crippen molar-refractivity contribution in [1.82, 2.24) is 14.5 Å². The smallest absolute Gasteiger partial charge is 0.243 e. The van der Waals surface area contributed by atoms with Gasteiger partial charge < -0.3 is 10.2 Å². The van der Waals surface area contributed by atoms with E-state index in [2.05, 4.69) is 17.1 Å². The molecule has 1 aromatic carbocycles. The summed E-state index contributed by atoms with van der Waals surface area (Å²) in [6, 6.07) is 8.77. The van der Waals surface area contributed by atoms with Crippen molar-refractivity contribution in [2.24, 2.45) is 16.3 Å². The molecule has 0 atom stereocenters. The maximum Gasteiger partial charge on any atom is 0.243 e. The molecule has 8 heteroatoms. The Morgan fingerprint density at radius 3 is 2.40 bits per heavy atom. The van der Waals surface area contributed by atoms with E-state index in [0.29, 0.717) is 29.3 Å². The van der Waals surface area contributed by atoms with Crippen molar-refractivity contribution >= 4 is 40.0 Å². The van der Waals surface area contributed by atoms with Crippen LogP contribution >= 0.6 is 24.0 Å². The van der Waals surface area contributed by atoms with Crippen LogP contribution in [-0.4, -0.2) is 62.9 Å². The first kappa shape index (κ1) is 23.8. The van der Waals surface area contributed by atoms with Crippen molar-refractivity contribution in [2.45, 2.75) is 50.3 Å². The van der Waals surface area contributed by atoms with E-state index >= 15 is 0 Å². The maximum absolute atomic E-state index is 12.8. The zero-order valence-corrected chi connectivity index (χ0v) is 21.1. The molecule has 3 fully saturated rings. The van der Waals surface area contributed by atoms with Gasteiger partial charge in [0.05, 0.1) is 4.90 Å². The number of hydrogen-bond acceptors (Lipinski definition) is 3. The second kappa shape index (κ2) is 10.2. The molecule has 2 saturated heterocycles. The molecule has 1 aromatic rings. The third-order valence-electron chi connectivity index (χ3n) is 6.94. The second-order valence-electron chi connectivity index (χ2n) is 8.88. The first-order valence-electron chi connectivity index (χ1n) is 11.1. The van der Waals surface area contributed by atoms with E-state index in [-0.39, 0.29) is 24.0 Å². The Bertz CT molecular complexity index is 819. The summed E-state index contributed by atoms with van der Waals surface area (Å²) in [5.41, 5.74) is 0.563. The van der Waals surface area contributed by atoms with Crippen molar-refractivity contribution < 1.29 is 8.42 Å². The van der Waals surface area contributed by atoms with Crippen molar-refractivity contribution in [2.75, 3.05) is 39.3 Å². The first-order valence-corrected chi connectivity index (χ1v) is 12.5. The molecule has 3 aliphatic rings. The predicted octanol–water partition coefficient (Wildman–Crippen LogP) is 3.55. The molecule has 168 valence electrons. The Balaban J connectivity index is 0.00000256. The van der Waals surface area contributed by atoms with Gasteiger partial charge >= 0.3 is 0 Å². The lowest BCUT2D eigenvalue weighted by Crippen LogP contribution is -2.43. The summed E-state index contributed by atoms with van der Waals surface area (Å²) in [6.45, 7) is 7.21. The minimum atomic E-state index is -3.37. The Hall–Kier alpha value is -0.870. The fourth-order valence-corrected chi connectivity index (χ4v) is 6.41. The monoisotopic (exact) mass is 546 g/mol. The fourth-order valence-electron chi connectivity index (χ4n) is 4.92. The molecule has 0 bridgehead atoms. The Kier molecular flexibility index (Phi) is 8.06. The zero-order valence-electron chi connectivity index (χ0n) is 17.9. The van der Waals surface area contributed by atoms with E-state index < -0.39 is 10.0 Å². The highest BCUT2D eigenvalue weighted by Gasteiger charge is 2.43. The number of aliphatic imine (C=N–C) groups is 1. The van der Waals surface area contributed by atoms with Crippen molar-refractivity contribution in [1.29, 1.82) is 0 Å². The molecule has 1 saturated carbocycles. The normalized spacial score (nSPS) is 22.6. The Morgan fingerprint density at radius 1 is 1.13 bits per heavy atom. The van der Waals surface area contributed by atoms with Gasteiger partial charge in [0.25, 0.3) is 0 Å². The highest BCUT2D eigenvalue weighted by atomic mass is 127. The van der Waals surface area contributed by atoms with E-state index in [9.17, 15) is 8.42 Å². The molecular weight excluding hydrogens is 511 g/mol. The Morgan fingerprint density at radius 2 is 1.83 bits per heavy atom. The van der Waals surface area contributed by atoms with Crippen LogP contribution in [0.1, 0.15) is 45.4 Å². The summed E-state index contributed by atoms with van der Waals surface area (Å²) >= 11 is 0. The van der Waals surface area contributed by atoms with Gasteiger partial charge in [0, 0.05) is 39.3 Å². The summed E-state index contributed by atoms with van der Waals surface area (Å²) in [5, 5.41) is 3.47. The second-order valence-corrected chi connectivity index (χ2v) is 10.8. The van der Waals surface area contributed by atoms with Crippen LogP contribution in [0.15, 0.2) is 40.2 Å². The molecule has 6 nitrogen and oxygen atoms in total. The third-order valence-corrected chi connectivity index (χ3v) is 8.85. The van der Waals surface area contributed by atoms with Crippen molar-refractivity contribution in [3.63, 3.8) is 0 Å². The summed E-state index contributed by atoms with van der Waals surface area (Å²) in [5.74, 6) is 1.50. The molecule has 1 aliphatic carbocycles. The minimum absolute atomic E-state index is 0. The first-order chi connectivity index (χ1) is 14.0. The van der Waals surface area contributed by atoms with Crippen molar-refractivity contribution in [3.8, 4) is 0 Å². The topological polar surface area (TPSA) is 65.0 Å². The quantitative estimate of drug-likeness (QED) is 0.349. The number of hydrogen-bond donors (Lipinski definition) is 1. The van der Waals surface area contributed by atoms with E-state index in [0.717, 1.165) is 45.0 Å². The van der Waals surface area contributed by atoms with Crippen LogP contribution in [0.3, 0.4) is 0 Å². The van der Waals surface area contributed by atoms with Crippen LogP contribution in [0.5, 0.6) is 0 Å². The fraction of sp³-hybridized carbons (Fsp3) is 0.682. The molecule has 30 heavy (non-hydrogen) atoms. The lowest BCUT2D eigenvalue weighted by molar-refractivity contribution is 0.151. The number of halogens is 1. The standard InChI is InChI=1S/C22H34N4O2S.HI/c1-2-23-21(25-16-13-22(18-25)11-6-12-22)24-17-19-9-14-26(15-10-19)29(27,28)20-7-4-3-5-8-20;/h3-5,7-8,19H,2,6,9-18H2,1H3,(H,23,24);1H. The number of likely N-dealkylation sites (tertiary alicyclic amines) is 1. The molecule has 1 N–H and O–H groups in total. The Labute approximate surface area is 198 Å². The lowest BCUT2D eigenvalue weighted by atomic mass is 9.68. The summed E-state index contributed by atoms with van der Waals surface area (Å²) in [6.07, 6.45) is 7.17. The van der Waals surface area contributed by atoms with Gasteiger partial charge in [-0.1, -0.05) is 24.6 Å². The number of nitrogens with zero attached hydrogens (tertiary/aromatic N) is 3. The van der Waals surface area contributed by atoms with E-state index in [1.54, 1.807) is 28.6 Å². The number of rotatable bonds is 5. The maximum atomic E-state index is 12.8. The summed E-state index contributed by atoms with van der Waals surface area (Å²) < 4.78 is 27.2. The highest BCUT2D eigenvalue weighted by molar-refractivity contribution is 14.0. The van der Waals surface area contributed by atoms with Crippen LogP contribution in [0.2, 0.25) is 0 Å². The molecule has 2 heterocycles. The van der Waals surface area contributed by atoms with Gasteiger partial charge in [-0.3, -0.25) is 4.99 Å². The lowest BCUT2D eigenvalue weighted by Gasteiger charge is -2.38. The number of benzene rings is 1. The van der Waals surface area contributed by atoms with Gasteiger partial charge in [-0.15, -0.1) is 24.0 Å². The van der Waals surface area contributed by atoms with Crippen LogP contribution in [-0.2, 0) is 10.0 Å². The average molecular weight is 547 g/mol. The van der Waals surface area contributed by atoms with Gasteiger partial charge in [-0.2, -0.15) is 4.31 Å². The number of sulfonamides is 1. The number of guanidine groups is 1. The minimum Gasteiger partial charge on any atom is -0.357 e. The molecular formula is C22H35IN4O2S. The van der Waals surface area contributed by atoms with Crippen LogP contribution in [0.25, 0.3) is 0 Å². The molecule has 0 unspecified atom stereocenters. The van der Waals surface area contributed by atoms with Gasteiger partial charge in [0.1, 0.15) is 0 Å². The average Bonchev–Trinajstić information content (AvgIpc) is 3.18. The largest absolute Gasteiger partial charge is 0.357 e. The molecule has 4 rings (SSSR count). The molecule has 0 radical (unpaired) electrons. The van der Waals surface area contributed by atoms with E-state index in [4.69, 9.17) is 4.99 Å². The number of nitrogens with one attached hydrogen (secondary N) is 1. The van der Waals surface area contributed by atoms with E-state index in [1.807, 2.05) is 6.07 Å². The molecule has 1 spiro atoms. The zero-order chi connectivity index (χ0) is 20.3. The van der Waals surface area contributed by atoms with Crippen LogP contribution in [0, 0.1) is 11.3 Å². The van der Waals surface area contributed by atoms with Gasteiger partial charge in [0.2, 0.25) is 10.0 Å². The van der Waals surface area contributed by atoms with Gasteiger partial charge in [-0.05, 0) is 62.5 Å². The van der Waals surface area contributed by atoms with Gasteiger partial charge in [0.15, 0.2) is 5.96 Å². The summed E-state index contributed by atoms with van der Waals surface area (Å²) in [7, 11) is -3.37. The molecule has 2 aliphatic heterocycles.